The summed E-state index contributed by atoms with van der Waals surface area (Å²) in [4.78, 5) is 12.6. The van der Waals surface area contributed by atoms with E-state index in [9.17, 15) is 4.79 Å². The molecule has 6 heteroatoms. The molecular formula is C18H21NO5. The van der Waals surface area contributed by atoms with Crippen LogP contribution >= 0.6 is 0 Å². The molecule has 0 saturated carbocycles. The standard InChI is InChI=1S/C18H21NO5/c1-3-21-14-8-6-13(7-9-14)19-17(20)18(2)11-23-16(24-12-18)15-5-4-10-22-15/h4-10,16H,3,11-12H2,1-2H3,(H,19,20). The summed E-state index contributed by atoms with van der Waals surface area (Å²) in [5.74, 6) is 1.22. The van der Waals surface area contributed by atoms with Crippen molar-refractivity contribution in [2.24, 2.45) is 5.41 Å². The molecule has 0 aliphatic carbocycles. The van der Waals surface area contributed by atoms with Crippen molar-refractivity contribution in [1.82, 2.24) is 0 Å². The second kappa shape index (κ2) is 7.07. The highest BCUT2D eigenvalue weighted by Gasteiger charge is 2.40. The van der Waals surface area contributed by atoms with Gasteiger partial charge in [-0.05, 0) is 50.2 Å². The Hall–Kier alpha value is -2.31. The molecule has 6 nitrogen and oxygen atoms in total. The number of amides is 1. The van der Waals surface area contributed by atoms with Gasteiger partial charge in [0.05, 0.1) is 31.5 Å². The zero-order valence-corrected chi connectivity index (χ0v) is 13.8. The van der Waals surface area contributed by atoms with Crippen molar-refractivity contribution in [3.63, 3.8) is 0 Å². The van der Waals surface area contributed by atoms with Crippen LogP contribution in [0.3, 0.4) is 0 Å². The van der Waals surface area contributed by atoms with Crippen molar-refractivity contribution in [3.8, 4) is 5.75 Å². The molecule has 1 aromatic carbocycles. The minimum atomic E-state index is -0.762. The van der Waals surface area contributed by atoms with Gasteiger partial charge in [-0.3, -0.25) is 4.79 Å². The lowest BCUT2D eigenvalue weighted by Crippen LogP contribution is -2.45. The summed E-state index contributed by atoms with van der Waals surface area (Å²) in [6, 6.07) is 10.8. The molecular weight excluding hydrogens is 310 g/mol. The summed E-state index contributed by atoms with van der Waals surface area (Å²) in [5.41, 5.74) is -0.0559. The van der Waals surface area contributed by atoms with Crippen molar-refractivity contribution in [3.05, 3.63) is 48.4 Å². The van der Waals surface area contributed by atoms with Crippen molar-refractivity contribution >= 4 is 11.6 Å². The topological polar surface area (TPSA) is 69.9 Å². The number of benzene rings is 1. The molecule has 1 aliphatic rings. The first-order valence-corrected chi connectivity index (χ1v) is 7.92. The lowest BCUT2D eigenvalue weighted by Gasteiger charge is -2.35. The monoisotopic (exact) mass is 331 g/mol. The smallest absolute Gasteiger partial charge is 0.234 e. The molecule has 0 unspecified atom stereocenters. The van der Waals surface area contributed by atoms with Gasteiger partial charge in [-0.2, -0.15) is 0 Å². The van der Waals surface area contributed by atoms with Crippen LogP contribution in [0.4, 0.5) is 5.69 Å². The van der Waals surface area contributed by atoms with Gasteiger partial charge in [-0.15, -0.1) is 0 Å². The number of carbonyl (C=O) groups excluding carboxylic acids is 1. The number of hydrogen-bond acceptors (Lipinski definition) is 5. The number of nitrogens with one attached hydrogen (secondary N) is 1. The third-order valence-electron chi connectivity index (χ3n) is 3.85. The Morgan fingerprint density at radius 3 is 2.54 bits per heavy atom. The van der Waals surface area contributed by atoms with Crippen molar-refractivity contribution in [1.29, 1.82) is 0 Å². The summed E-state index contributed by atoms with van der Waals surface area (Å²) in [5, 5.41) is 2.89. The molecule has 2 heterocycles. The molecule has 1 saturated heterocycles. The third kappa shape index (κ3) is 3.60. The zero-order valence-electron chi connectivity index (χ0n) is 13.8. The molecule has 2 aromatic rings. The van der Waals surface area contributed by atoms with Crippen LogP contribution in [-0.4, -0.2) is 25.7 Å². The summed E-state index contributed by atoms with van der Waals surface area (Å²) in [6.45, 7) is 4.85. The molecule has 0 spiro atoms. The Labute approximate surface area is 140 Å². The van der Waals surface area contributed by atoms with Crippen LogP contribution in [-0.2, 0) is 14.3 Å². The van der Waals surface area contributed by atoms with Gasteiger partial charge in [0.1, 0.15) is 5.75 Å². The van der Waals surface area contributed by atoms with E-state index >= 15 is 0 Å². The fourth-order valence-corrected chi connectivity index (χ4v) is 2.41. The largest absolute Gasteiger partial charge is 0.494 e. The Morgan fingerprint density at radius 1 is 1.25 bits per heavy atom. The van der Waals surface area contributed by atoms with E-state index in [2.05, 4.69) is 5.32 Å². The maximum Gasteiger partial charge on any atom is 0.234 e. The molecule has 1 aromatic heterocycles. The molecule has 3 rings (SSSR count). The number of anilines is 1. The first-order valence-electron chi connectivity index (χ1n) is 7.92. The van der Waals surface area contributed by atoms with E-state index in [1.807, 2.05) is 38.1 Å². The molecule has 128 valence electrons. The highest BCUT2D eigenvalue weighted by atomic mass is 16.7. The maximum absolute atomic E-state index is 12.6. The van der Waals surface area contributed by atoms with Gasteiger partial charge in [-0.25, -0.2) is 0 Å². The van der Waals surface area contributed by atoms with Crippen LogP contribution < -0.4 is 10.1 Å². The molecule has 1 amide bonds. The normalized spacial score (nSPS) is 23.7. The van der Waals surface area contributed by atoms with E-state index in [-0.39, 0.29) is 19.1 Å². The molecule has 0 atom stereocenters. The summed E-state index contributed by atoms with van der Waals surface area (Å²) in [6.07, 6.45) is 1.00. The highest BCUT2D eigenvalue weighted by molar-refractivity contribution is 5.95. The van der Waals surface area contributed by atoms with Gasteiger partial charge in [0.25, 0.3) is 0 Å². The SMILES string of the molecule is CCOc1ccc(NC(=O)C2(C)COC(c3ccco3)OC2)cc1. The van der Waals surface area contributed by atoms with E-state index in [0.717, 1.165) is 5.75 Å². The van der Waals surface area contributed by atoms with Gasteiger partial charge in [0.15, 0.2) is 5.76 Å². The van der Waals surface area contributed by atoms with Crippen molar-refractivity contribution in [2.45, 2.75) is 20.1 Å². The van der Waals surface area contributed by atoms with Crippen molar-refractivity contribution < 1.29 is 23.4 Å². The second-order valence-corrected chi connectivity index (χ2v) is 5.94. The Bertz CT molecular complexity index is 657. The highest BCUT2D eigenvalue weighted by Crippen LogP contribution is 2.32. The van der Waals surface area contributed by atoms with Crippen LogP contribution in [0, 0.1) is 5.41 Å². The van der Waals surface area contributed by atoms with Crippen LogP contribution in [0.5, 0.6) is 5.75 Å². The van der Waals surface area contributed by atoms with E-state index in [1.165, 1.54) is 0 Å². The van der Waals surface area contributed by atoms with Gasteiger partial charge in [0.2, 0.25) is 12.2 Å². The minimum absolute atomic E-state index is 0.149. The van der Waals surface area contributed by atoms with Gasteiger partial charge in [-0.1, -0.05) is 0 Å². The van der Waals surface area contributed by atoms with Gasteiger partial charge < -0.3 is 23.9 Å². The van der Waals surface area contributed by atoms with Crippen LogP contribution in [0.2, 0.25) is 0 Å². The van der Waals surface area contributed by atoms with Crippen LogP contribution in [0.1, 0.15) is 25.9 Å². The van der Waals surface area contributed by atoms with E-state index < -0.39 is 11.7 Å². The minimum Gasteiger partial charge on any atom is -0.494 e. The average Bonchev–Trinajstić information content (AvgIpc) is 3.12. The number of carbonyl (C=O) groups is 1. The molecule has 0 radical (unpaired) electrons. The second-order valence-electron chi connectivity index (χ2n) is 5.94. The Balaban J connectivity index is 1.58. The van der Waals surface area contributed by atoms with Gasteiger partial charge in [0, 0.05) is 5.69 Å². The summed E-state index contributed by atoms with van der Waals surface area (Å²) < 4.78 is 22.0. The van der Waals surface area contributed by atoms with E-state index in [0.29, 0.717) is 18.1 Å². The first-order chi connectivity index (χ1) is 11.6. The molecule has 0 bridgehead atoms. The number of hydrogen-bond donors (Lipinski definition) is 1. The molecule has 24 heavy (non-hydrogen) atoms. The summed E-state index contributed by atoms with van der Waals surface area (Å²) >= 11 is 0. The number of rotatable bonds is 5. The number of furan rings is 1. The lowest BCUT2D eigenvalue weighted by atomic mass is 9.90. The fourth-order valence-electron chi connectivity index (χ4n) is 2.41. The van der Waals surface area contributed by atoms with E-state index in [1.54, 1.807) is 18.4 Å². The molecule has 1 N–H and O–H groups in total. The third-order valence-corrected chi connectivity index (χ3v) is 3.85. The molecule has 1 aliphatic heterocycles. The Morgan fingerprint density at radius 2 is 1.96 bits per heavy atom. The lowest BCUT2D eigenvalue weighted by molar-refractivity contribution is -0.232. The van der Waals surface area contributed by atoms with Crippen molar-refractivity contribution in [2.75, 3.05) is 25.1 Å². The first kappa shape index (κ1) is 16.5. The molecule has 1 fully saturated rings. The maximum atomic E-state index is 12.6. The Kier molecular flexibility index (Phi) is 4.87. The zero-order chi connectivity index (χ0) is 17.0. The van der Waals surface area contributed by atoms with Crippen LogP contribution in [0.25, 0.3) is 0 Å². The predicted octanol–water partition coefficient (Wildman–Crippen LogP) is 3.37. The van der Waals surface area contributed by atoms with E-state index in [4.69, 9.17) is 18.6 Å². The summed E-state index contributed by atoms with van der Waals surface area (Å²) in [7, 11) is 0. The van der Waals surface area contributed by atoms with Crippen LogP contribution in [0.15, 0.2) is 47.1 Å². The quantitative estimate of drug-likeness (QED) is 0.909. The fraction of sp³-hybridized carbons (Fsp3) is 0.389. The number of ether oxygens (including phenoxy) is 3. The van der Waals surface area contributed by atoms with Gasteiger partial charge >= 0.3 is 0 Å². The predicted molar refractivity (Wildman–Crippen MR) is 87.7 cm³/mol. The average molecular weight is 331 g/mol.